The molecule has 0 aliphatic heterocycles. The summed E-state index contributed by atoms with van der Waals surface area (Å²) in [6.45, 7) is 7.00. The summed E-state index contributed by atoms with van der Waals surface area (Å²) in [5.41, 5.74) is 3.88. The van der Waals surface area contributed by atoms with Crippen molar-refractivity contribution in [1.82, 2.24) is 15.6 Å². The first-order valence-corrected chi connectivity index (χ1v) is 8.35. The van der Waals surface area contributed by atoms with Gasteiger partial charge in [0.1, 0.15) is 0 Å². The second-order valence-corrected chi connectivity index (χ2v) is 6.20. The van der Waals surface area contributed by atoms with E-state index in [4.69, 9.17) is 0 Å². The van der Waals surface area contributed by atoms with Crippen molar-refractivity contribution in [3.05, 3.63) is 35.5 Å². The molecule has 1 aromatic carbocycles. The largest absolute Gasteiger partial charge is 0.361 e. The number of H-pyrrole nitrogens is 1. The zero-order valence-corrected chi connectivity index (χ0v) is 13.6. The second kappa shape index (κ2) is 6.86. The van der Waals surface area contributed by atoms with Crippen molar-refractivity contribution >= 4 is 16.9 Å². The maximum atomic E-state index is 4.65. The number of nitrogens with one attached hydrogen (secondary N) is 3. The Morgan fingerprint density at radius 2 is 2.18 bits per heavy atom. The average Bonchev–Trinajstić information content (AvgIpc) is 3.26. The van der Waals surface area contributed by atoms with Gasteiger partial charge >= 0.3 is 0 Å². The molecule has 0 amide bonds. The highest BCUT2D eigenvalue weighted by Gasteiger charge is 2.20. The summed E-state index contributed by atoms with van der Waals surface area (Å²) in [7, 11) is 0. The van der Waals surface area contributed by atoms with Gasteiger partial charge in [-0.25, -0.2) is 0 Å². The molecule has 0 saturated heterocycles. The van der Waals surface area contributed by atoms with Gasteiger partial charge in [-0.15, -0.1) is 0 Å². The summed E-state index contributed by atoms with van der Waals surface area (Å²) in [5.74, 6) is 1.78. The zero-order chi connectivity index (χ0) is 15.4. The van der Waals surface area contributed by atoms with Crippen LogP contribution in [0.1, 0.15) is 30.9 Å². The highest BCUT2D eigenvalue weighted by Crippen LogP contribution is 2.28. The van der Waals surface area contributed by atoms with Crippen LogP contribution in [0, 0.1) is 12.8 Å². The Bertz CT molecular complexity index is 652. The van der Waals surface area contributed by atoms with Crippen molar-refractivity contribution in [3.63, 3.8) is 0 Å². The first-order valence-electron chi connectivity index (χ1n) is 8.35. The predicted molar refractivity (Wildman–Crippen MR) is 93.4 cm³/mol. The lowest BCUT2D eigenvalue weighted by atomic mass is 10.1. The molecule has 1 saturated carbocycles. The molecule has 0 spiro atoms. The number of aromatic nitrogens is 1. The molecule has 0 atom stereocenters. The summed E-state index contributed by atoms with van der Waals surface area (Å²) < 4.78 is 0. The SMILES string of the molecule is CCNC(=NCC1CC1)NCCc1c[nH]c2cc(C)ccc12. The Kier molecular flexibility index (Phi) is 4.66. The van der Waals surface area contributed by atoms with E-state index in [9.17, 15) is 0 Å². The van der Waals surface area contributed by atoms with Gasteiger partial charge in [0.2, 0.25) is 0 Å². The molecule has 118 valence electrons. The molecule has 0 bridgehead atoms. The minimum atomic E-state index is 0.826. The number of guanidine groups is 1. The third-order valence-electron chi connectivity index (χ3n) is 4.16. The van der Waals surface area contributed by atoms with Crippen molar-refractivity contribution in [2.45, 2.75) is 33.1 Å². The van der Waals surface area contributed by atoms with Crippen LogP contribution in [-0.2, 0) is 6.42 Å². The van der Waals surface area contributed by atoms with Crippen LogP contribution in [0.5, 0.6) is 0 Å². The summed E-state index contributed by atoms with van der Waals surface area (Å²) in [6, 6.07) is 6.59. The van der Waals surface area contributed by atoms with E-state index in [1.54, 1.807) is 0 Å². The molecule has 2 aromatic rings. The fourth-order valence-electron chi connectivity index (χ4n) is 2.69. The Morgan fingerprint density at radius 3 is 2.95 bits per heavy atom. The molecule has 1 aromatic heterocycles. The maximum Gasteiger partial charge on any atom is 0.191 e. The summed E-state index contributed by atoms with van der Waals surface area (Å²) in [6.07, 6.45) is 5.81. The van der Waals surface area contributed by atoms with Gasteiger partial charge in [0.25, 0.3) is 0 Å². The molecule has 1 aliphatic rings. The topological polar surface area (TPSA) is 52.2 Å². The van der Waals surface area contributed by atoms with Crippen molar-refractivity contribution < 1.29 is 0 Å². The average molecular weight is 298 g/mol. The Morgan fingerprint density at radius 1 is 1.32 bits per heavy atom. The molecular weight excluding hydrogens is 272 g/mol. The van der Waals surface area contributed by atoms with Crippen LogP contribution in [0.3, 0.4) is 0 Å². The van der Waals surface area contributed by atoms with Crippen molar-refractivity contribution in [3.8, 4) is 0 Å². The fraction of sp³-hybridized carbons (Fsp3) is 0.500. The summed E-state index contributed by atoms with van der Waals surface area (Å²) >= 11 is 0. The lowest BCUT2D eigenvalue weighted by molar-refractivity contribution is 0.778. The van der Waals surface area contributed by atoms with Gasteiger partial charge in [-0.2, -0.15) is 0 Å². The molecule has 1 fully saturated rings. The number of fused-ring (bicyclic) bond motifs is 1. The van der Waals surface area contributed by atoms with Gasteiger partial charge < -0.3 is 15.6 Å². The minimum Gasteiger partial charge on any atom is -0.361 e. The lowest BCUT2D eigenvalue weighted by Gasteiger charge is -2.11. The smallest absolute Gasteiger partial charge is 0.191 e. The minimum absolute atomic E-state index is 0.826. The molecule has 1 aliphatic carbocycles. The molecule has 3 rings (SSSR count). The Balaban J connectivity index is 1.56. The Labute approximate surface area is 132 Å². The van der Waals surface area contributed by atoms with E-state index in [-0.39, 0.29) is 0 Å². The van der Waals surface area contributed by atoms with Gasteiger partial charge in [0.05, 0.1) is 0 Å². The van der Waals surface area contributed by atoms with Crippen LogP contribution in [0.4, 0.5) is 0 Å². The molecule has 3 N–H and O–H groups in total. The van der Waals surface area contributed by atoms with Gasteiger partial charge in [-0.3, -0.25) is 4.99 Å². The first-order chi connectivity index (χ1) is 10.8. The van der Waals surface area contributed by atoms with E-state index in [2.05, 4.69) is 58.9 Å². The maximum absolute atomic E-state index is 4.65. The van der Waals surface area contributed by atoms with Crippen molar-refractivity contribution in [1.29, 1.82) is 0 Å². The Hall–Kier alpha value is -1.97. The van der Waals surface area contributed by atoms with Crippen LogP contribution < -0.4 is 10.6 Å². The van der Waals surface area contributed by atoms with Crippen molar-refractivity contribution in [2.24, 2.45) is 10.9 Å². The van der Waals surface area contributed by atoms with Crippen LogP contribution in [0.2, 0.25) is 0 Å². The second-order valence-electron chi connectivity index (χ2n) is 6.20. The molecule has 4 heteroatoms. The van der Waals surface area contributed by atoms with Crippen LogP contribution >= 0.6 is 0 Å². The third-order valence-corrected chi connectivity index (χ3v) is 4.16. The van der Waals surface area contributed by atoms with E-state index in [0.29, 0.717) is 0 Å². The third kappa shape index (κ3) is 3.81. The molecule has 0 unspecified atom stereocenters. The molecule has 0 radical (unpaired) electrons. The van der Waals surface area contributed by atoms with Gasteiger partial charge in [-0.05, 0) is 56.2 Å². The van der Waals surface area contributed by atoms with Crippen molar-refractivity contribution in [2.75, 3.05) is 19.6 Å². The van der Waals surface area contributed by atoms with Crippen LogP contribution in [0.25, 0.3) is 10.9 Å². The first kappa shape index (κ1) is 14.9. The van der Waals surface area contributed by atoms with E-state index in [0.717, 1.165) is 37.9 Å². The number of rotatable bonds is 6. The normalized spacial score (nSPS) is 15.3. The number of hydrogen-bond donors (Lipinski definition) is 3. The number of nitrogens with zero attached hydrogens (tertiary/aromatic N) is 1. The van der Waals surface area contributed by atoms with Gasteiger partial charge in [-0.1, -0.05) is 12.1 Å². The fourth-order valence-corrected chi connectivity index (χ4v) is 2.69. The van der Waals surface area contributed by atoms with Crippen LogP contribution in [-0.4, -0.2) is 30.6 Å². The zero-order valence-electron chi connectivity index (χ0n) is 13.6. The lowest BCUT2D eigenvalue weighted by Crippen LogP contribution is -2.38. The molecule has 22 heavy (non-hydrogen) atoms. The number of aromatic amines is 1. The number of hydrogen-bond acceptors (Lipinski definition) is 1. The number of aliphatic imine (C=N–C) groups is 1. The number of aryl methyl sites for hydroxylation is 1. The van der Waals surface area contributed by atoms with E-state index < -0.39 is 0 Å². The van der Waals surface area contributed by atoms with Gasteiger partial charge in [0, 0.05) is 36.7 Å². The summed E-state index contributed by atoms with van der Waals surface area (Å²) in [4.78, 5) is 8.02. The highest BCUT2D eigenvalue weighted by molar-refractivity contribution is 5.84. The van der Waals surface area contributed by atoms with Gasteiger partial charge in [0.15, 0.2) is 5.96 Å². The molecule has 1 heterocycles. The molecular formula is C18H26N4. The van der Waals surface area contributed by atoms with Crippen LogP contribution in [0.15, 0.2) is 29.4 Å². The number of benzene rings is 1. The standard InChI is InChI=1S/C18H26N4/c1-3-19-18(22-11-14-5-6-14)20-9-8-15-12-21-17-10-13(2)4-7-16(15)17/h4,7,10,12,14,21H,3,5-6,8-9,11H2,1-2H3,(H2,19,20,22). The van der Waals surface area contributed by atoms with E-state index in [1.807, 2.05) is 0 Å². The highest BCUT2D eigenvalue weighted by atomic mass is 15.2. The monoisotopic (exact) mass is 298 g/mol. The van der Waals surface area contributed by atoms with E-state index in [1.165, 1.54) is 34.9 Å². The summed E-state index contributed by atoms with van der Waals surface area (Å²) in [5, 5.41) is 8.09. The predicted octanol–water partition coefficient (Wildman–Crippen LogP) is 2.98. The molecule has 4 nitrogen and oxygen atoms in total. The quantitative estimate of drug-likeness (QED) is 0.567. The van der Waals surface area contributed by atoms with E-state index >= 15 is 0 Å².